The predicted octanol–water partition coefficient (Wildman–Crippen LogP) is 10.3. The second kappa shape index (κ2) is 27.7. The molecule has 0 amide bonds. The summed E-state index contributed by atoms with van der Waals surface area (Å²) in [5.74, 6) is 0. The molecule has 0 N–H and O–H groups in total. The number of nitrogens with zero attached hydrogens (tertiary/aromatic N) is 3. The van der Waals surface area contributed by atoms with E-state index in [2.05, 4.69) is 99.0 Å². The molecule has 1 aromatic carbocycles. The molecular weight excluding hydrogens is 654 g/mol. The summed E-state index contributed by atoms with van der Waals surface area (Å²) in [5.41, 5.74) is 0. The van der Waals surface area contributed by atoms with Crippen LogP contribution in [0, 0.1) is 0 Å². The third-order valence-corrected chi connectivity index (χ3v) is 7.05. The molecule has 1 rings (SSSR count). The van der Waals surface area contributed by atoms with Crippen LogP contribution in [0.15, 0.2) is 24.3 Å². The predicted molar refractivity (Wildman–Crippen MR) is 159 cm³/mol. The van der Waals surface area contributed by atoms with Crippen LogP contribution in [-0.2, 0) is 25.8 Å². The van der Waals surface area contributed by atoms with Crippen LogP contribution in [-0.4, -0.2) is 45.3 Å². The summed E-state index contributed by atoms with van der Waals surface area (Å²) in [6.07, 6.45) is 7.03. The van der Waals surface area contributed by atoms with E-state index in [1.807, 2.05) is 0 Å². The van der Waals surface area contributed by atoms with Crippen LogP contribution in [0.25, 0.3) is 16.0 Å². The summed E-state index contributed by atoms with van der Waals surface area (Å²) in [5, 5.41) is 13.1. The SMILES string of the molecule is CCC(C)[N-]C(C)CC.CCC(C)[N-]C(C)CC.CCC(C)[N-]C(C)CC.F[Si](F)(F)[c-]1cccc1.[Hf+4]. The van der Waals surface area contributed by atoms with Crippen molar-refractivity contribution in [1.29, 1.82) is 0 Å². The Bertz CT molecular complexity index is 492. The molecule has 0 saturated carbocycles. The van der Waals surface area contributed by atoms with Gasteiger partial charge in [-0.3, -0.25) is 0 Å². The van der Waals surface area contributed by atoms with Gasteiger partial charge in [-0.05, 0) is 0 Å². The van der Waals surface area contributed by atoms with Crippen LogP contribution >= 0.6 is 0 Å². The van der Waals surface area contributed by atoms with Crippen molar-refractivity contribution in [1.82, 2.24) is 0 Å². The molecule has 0 radical (unpaired) electrons. The van der Waals surface area contributed by atoms with Crippen molar-refractivity contribution in [3.05, 3.63) is 40.2 Å². The summed E-state index contributed by atoms with van der Waals surface area (Å²) in [6.45, 7) is 26.1. The van der Waals surface area contributed by atoms with Gasteiger partial charge in [-0.15, -0.1) is 36.3 Å². The number of hydrogen-bond donors (Lipinski definition) is 0. The smallest absolute Gasteiger partial charge is 0.657 e. The molecule has 3 nitrogen and oxygen atoms in total. The van der Waals surface area contributed by atoms with Gasteiger partial charge in [0.1, 0.15) is 0 Å². The van der Waals surface area contributed by atoms with Gasteiger partial charge < -0.3 is 16.0 Å². The molecule has 218 valence electrons. The topological polar surface area (TPSA) is 42.3 Å². The molecule has 1 aromatic rings. The zero-order chi connectivity index (χ0) is 28.7. The zero-order valence-electron chi connectivity index (χ0n) is 26.0. The van der Waals surface area contributed by atoms with Crippen molar-refractivity contribution in [2.24, 2.45) is 0 Å². The van der Waals surface area contributed by atoms with Gasteiger partial charge >= 0.3 is 34.9 Å². The molecule has 0 heterocycles. The largest absolute Gasteiger partial charge is 4.00 e. The molecular formula is C29H58F3HfN3Si. The van der Waals surface area contributed by atoms with E-state index in [-0.39, 0.29) is 25.8 Å². The fraction of sp³-hybridized carbons (Fsp3) is 0.828. The van der Waals surface area contributed by atoms with Crippen molar-refractivity contribution in [2.75, 3.05) is 0 Å². The second-order valence-electron chi connectivity index (χ2n) is 9.66. The van der Waals surface area contributed by atoms with Crippen LogP contribution < -0.4 is 5.19 Å². The van der Waals surface area contributed by atoms with Gasteiger partial charge in [-0.2, -0.15) is 12.1 Å². The Kier molecular flexibility index (Phi) is 33.0. The second-order valence-corrected chi connectivity index (χ2v) is 11.2. The first-order valence-electron chi connectivity index (χ1n) is 14.1. The molecule has 8 heteroatoms. The minimum Gasteiger partial charge on any atom is -0.657 e. The first-order chi connectivity index (χ1) is 16.7. The molecule has 0 spiro atoms. The number of hydrogen-bond acceptors (Lipinski definition) is 0. The molecule has 0 saturated heterocycles. The maximum atomic E-state index is 11.8. The monoisotopic (exact) mass is 713 g/mol. The number of rotatable bonds is 13. The normalized spacial score (nSPS) is 15.5. The fourth-order valence-corrected chi connectivity index (χ4v) is 3.07. The Morgan fingerprint density at radius 2 is 0.703 bits per heavy atom. The summed E-state index contributed by atoms with van der Waals surface area (Å²) in [6, 6.07) is 8.34. The van der Waals surface area contributed by atoms with E-state index < -0.39 is 14.3 Å². The Morgan fingerprint density at radius 1 is 0.514 bits per heavy atom. The summed E-state index contributed by atoms with van der Waals surface area (Å²) >= 11 is 0. The van der Waals surface area contributed by atoms with Crippen molar-refractivity contribution < 1.29 is 38.2 Å². The average Bonchev–Trinajstić information content (AvgIpc) is 3.40. The van der Waals surface area contributed by atoms with Gasteiger partial charge in [0.25, 0.3) is 0 Å². The maximum absolute atomic E-state index is 11.8. The van der Waals surface area contributed by atoms with Gasteiger partial charge in [-0.1, -0.05) is 127 Å². The Hall–Kier alpha value is 0.107. The van der Waals surface area contributed by atoms with E-state index in [9.17, 15) is 12.3 Å². The van der Waals surface area contributed by atoms with Crippen LogP contribution in [0.1, 0.15) is 122 Å². The Morgan fingerprint density at radius 3 is 0.811 bits per heavy atom. The van der Waals surface area contributed by atoms with Crippen LogP contribution in [0.4, 0.5) is 12.3 Å². The molecule has 0 fully saturated rings. The third-order valence-electron chi connectivity index (χ3n) is 6.06. The molecule has 0 aliphatic carbocycles. The summed E-state index contributed by atoms with van der Waals surface area (Å²) < 4.78 is 35.3. The van der Waals surface area contributed by atoms with Gasteiger partial charge in [0.05, 0.1) is 0 Å². The first kappa shape index (κ1) is 44.1. The molecule has 0 bridgehead atoms. The third kappa shape index (κ3) is 30.5. The minimum absolute atomic E-state index is 0. The van der Waals surface area contributed by atoms with Crippen LogP contribution in [0.5, 0.6) is 0 Å². The molecule has 0 aliphatic rings. The molecule has 0 aliphatic heterocycles. The van der Waals surface area contributed by atoms with Gasteiger partial charge in [0, 0.05) is 0 Å². The average molecular weight is 712 g/mol. The van der Waals surface area contributed by atoms with Gasteiger partial charge in [0.15, 0.2) is 0 Å². The Labute approximate surface area is 249 Å². The van der Waals surface area contributed by atoms with Crippen LogP contribution in [0.3, 0.4) is 0 Å². The summed E-state index contributed by atoms with van der Waals surface area (Å²) in [4.78, 5) is 0. The molecule has 6 atom stereocenters. The van der Waals surface area contributed by atoms with Gasteiger partial charge in [0.2, 0.25) is 0 Å². The van der Waals surface area contributed by atoms with Crippen molar-refractivity contribution >= 4 is 14.3 Å². The van der Waals surface area contributed by atoms with E-state index in [4.69, 9.17) is 0 Å². The van der Waals surface area contributed by atoms with Crippen LogP contribution in [0.2, 0.25) is 0 Å². The van der Waals surface area contributed by atoms with E-state index in [1.54, 1.807) is 0 Å². The minimum atomic E-state index is -5.48. The Balaban J connectivity index is -0.000000194. The number of halogens is 3. The first-order valence-corrected chi connectivity index (χ1v) is 15.7. The molecule has 37 heavy (non-hydrogen) atoms. The van der Waals surface area contributed by atoms with E-state index in [0.717, 1.165) is 12.1 Å². The van der Waals surface area contributed by atoms with Crippen molar-refractivity contribution in [3.63, 3.8) is 0 Å². The van der Waals surface area contributed by atoms with Crippen molar-refractivity contribution in [2.45, 2.75) is 158 Å². The summed E-state index contributed by atoms with van der Waals surface area (Å²) in [7, 11) is -5.48. The molecule has 6 unspecified atom stereocenters. The van der Waals surface area contributed by atoms with Gasteiger partial charge in [-0.25, -0.2) is 24.5 Å². The zero-order valence-corrected chi connectivity index (χ0v) is 30.6. The quantitative estimate of drug-likeness (QED) is 0.111. The molecule has 0 aromatic heterocycles. The fourth-order valence-electron chi connectivity index (χ4n) is 2.50. The van der Waals surface area contributed by atoms with E-state index in [0.29, 0.717) is 36.3 Å². The van der Waals surface area contributed by atoms with E-state index in [1.165, 1.54) is 50.7 Å². The standard InChI is InChI=1S/3C8H18N.C5H4F3Si.Hf/c3*1-5-7(3)9-8(4)6-2;6-9(7,8)5-3-1-2-4-5;/h3*7-8H,5-6H2,1-4H3;1-4H;/q4*-1;+4. The van der Waals surface area contributed by atoms with E-state index >= 15 is 0 Å². The van der Waals surface area contributed by atoms with Crippen molar-refractivity contribution in [3.8, 4) is 0 Å². The maximum Gasteiger partial charge on any atom is 4.00 e.